The lowest BCUT2D eigenvalue weighted by atomic mass is 10.1. The van der Waals surface area contributed by atoms with Crippen molar-refractivity contribution in [3.8, 4) is 0 Å². The molecule has 0 fully saturated rings. The number of halogens is 2. The second-order valence-corrected chi connectivity index (χ2v) is 9.05. The molecule has 0 spiro atoms. The van der Waals surface area contributed by atoms with Crippen molar-refractivity contribution >= 4 is 56.2 Å². The fraction of sp³-hybridized carbons (Fsp3) is 0.0476. The molecule has 0 atom stereocenters. The maximum atomic E-state index is 12.7. The lowest BCUT2D eigenvalue weighted by molar-refractivity contribution is 0.0954. The van der Waals surface area contributed by atoms with Crippen molar-refractivity contribution < 1.29 is 13.2 Å². The van der Waals surface area contributed by atoms with Gasteiger partial charge >= 0.3 is 0 Å². The molecule has 7 nitrogen and oxygen atoms in total. The van der Waals surface area contributed by atoms with Crippen LogP contribution in [0.25, 0.3) is 0 Å². The van der Waals surface area contributed by atoms with Crippen LogP contribution >= 0.6 is 23.2 Å². The van der Waals surface area contributed by atoms with E-state index >= 15 is 0 Å². The number of hydrazone groups is 1. The molecular weight excluding hydrogens is 459 g/mol. The first-order valence-electron chi connectivity index (χ1n) is 8.94. The Hall–Kier alpha value is -3.07. The standard InChI is InChI=1S/C21H18Cl2N4O3S/c1-13(14-4-2-6-17(24)10-14)25-26-21(28)15-5-3-7-18(11-15)31(29,30)27-20-12-16(22)8-9-19(20)23/h2-12,27H,24H2,1H3,(H,26,28). The molecule has 0 heterocycles. The number of nitrogens with one attached hydrogen (secondary N) is 2. The van der Waals surface area contributed by atoms with E-state index in [-0.39, 0.29) is 21.2 Å². The van der Waals surface area contributed by atoms with E-state index in [1.165, 1.54) is 36.4 Å². The molecule has 3 aromatic carbocycles. The lowest BCUT2D eigenvalue weighted by Gasteiger charge is -2.11. The first kappa shape index (κ1) is 22.6. The van der Waals surface area contributed by atoms with E-state index in [9.17, 15) is 13.2 Å². The molecule has 3 aromatic rings. The first-order chi connectivity index (χ1) is 14.7. The highest BCUT2D eigenvalue weighted by Gasteiger charge is 2.18. The van der Waals surface area contributed by atoms with Crippen LogP contribution in [0.4, 0.5) is 11.4 Å². The Morgan fingerprint density at radius 3 is 2.42 bits per heavy atom. The normalized spacial score (nSPS) is 11.8. The third kappa shape index (κ3) is 5.75. The first-order valence-corrected chi connectivity index (χ1v) is 11.2. The van der Waals surface area contributed by atoms with Gasteiger partial charge in [-0.1, -0.05) is 41.4 Å². The minimum Gasteiger partial charge on any atom is -0.399 e. The third-order valence-corrected chi connectivity index (χ3v) is 6.14. The molecule has 0 bridgehead atoms. The average molecular weight is 477 g/mol. The van der Waals surface area contributed by atoms with Gasteiger partial charge in [0.25, 0.3) is 15.9 Å². The fourth-order valence-corrected chi connectivity index (χ4v) is 4.12. The van der Waals surface area contributed by atoms with Gasteiger partial charge in [-0.3, -0.25) is 9.52 Å². The summed E-state index contributed by atoms with van der Waals surface area (Å²) in [6.07, 6.45) is 0. The Bertz CT molecular complexity index is 1280. The Labute approximate surface area is 189 Å². The molecule has 0 radical (unpaired) electrons. The van der Waals surface area contributed by atoms with Crippen LogP contribution in [0, 0.1) is 0 Å². The fourth-order valence-electron chi connectivity index (χ4n) is 2.61. The lowest BCUT2D eigenvalue weighted by Crippen LogP contribution is -2.20. The number of amides is 1. The summed E-state index contributed by atoms with van der Waals surface area (Å²) in [5.74, 6) is -0.568. The number of nitrogens with two attached hydrogens (primary N) is 1. The van der Waals surface area contributed by atoms with Gasteiger partial charge in [-0.05, 0) is 61.0 Å². The second-order valence-electron chi connectivity index (χ2n) is 6.52. The van der Waals surface area contributed by atoms with Gasteiger partial charge in [0.15, 0.2) is 0 Å². The topological polar surface area (TPSA) is 114 Å². The number of nitrogen functional groups attached to an aromatic ring is 1. The minimum absolute atomic E-state index is 0.115. The van der Waals surface area contributed by atoms with Crippen molar-refractivity contribution in [1.82, 2.24) is 5.43 Å². The smallest absolute Gasteiger partial charge is 0.271 e. The van der Waals surface area contributed by atoms with E-state index in [1.54, 1.807) is 37.3 Å². The average Bonchev–Trinajstić information content (AvgIpc) is 2.74. The molecule has 0 saturated heterocycles. The summed E-state index contributed by atoms with van der Waals surface area (Å²) < 4.78 is 27.8. The van der Waals surface area contributed by atoms with Crippen molar-refractivity contribution in [2.45, 2.75) is 11.8 Å². The van der Waals surface area contributed by atoms with Crippen LogP contribution < -0.4 is 15.9 Å². The van der Waals surface area contributed by atoms with Crippen LogP contribution in [-0.4, -0.2) is 20.0 Å². The molecule has 3 rings (SSSR count). The Balaban J connectivity index is 1.79. The number of nitrogens with zero attached hydrogens (tertiary/aromatic N) is 1. The maximum Gasteiger partial charge on any atom is 0.271 e. The number of rotatable bonds is 6. The number of benzene rings is 3. The van der Waals surface area contributed by atoms with Crippen molar-refractivity contribution in [2.24, 2.45) is 5.10 Å². The van der Waals surface area contributed by atoms with E-state index in [1.807, 2.05) is 0 Å². The molecule has 31 heavy (non-hydrogen) atoms. The quantitative estimate of drug-likeness (QED) is 0.275. The zero-order valence-electron chi connectivity index (χ0n) is 16.3. The van der Waals surface area contributed by atoms with Crippen LogP contribution in [-0.2, 0) is 10.0 Å². The highest BCUT2D eigenvalue weighted by molar-refractivity contribution is 7.92. The highest BCUT2D eigenvalue weighted by Crippen LogP contribution is 2.28. The summed E-state index contributed by atoms with van der Waals surface area (Å²) in [6, 6.07) is 17.0. The molecule has 0 aliphatic heterocycles. The summed E-state index contributed by atoms with van der Waals surface area (Å²) in [6.45, 7) is 1.72. The second kappa shape index (κ2) is 9.38. The summed E-state index contributed by atoms with van der Waals surface area (Å²) in [5, 5.41) is 4.57. The SMILES string of the molecule is CC(=NNC(=O)c1cccc(S(=O)(=O)Nc2cc(Cl)ccc2Cl)c1)c1cccc(N)c1. The van der Waals surface area contributed by atoms with Crippen LogP contribution in [0.15, 0.2) is 76.7 Å². The van der Waals surface area contributed by atoms with Gasteiger partial charge < -0.3 is 5.73 Å². The summed E-state index contributed by atoms with van der Waals surface area (Å²) in [5.41, 5.74) is 10.3. The Morgan fingerprint density at radius 1 is 0.968 bits per heavy atom. The van der Waals surface area contributed by atoms with Gasteiger partial charge in [0.05, 0.1) is 21.3 Å². The molecule has 4 N–H and O–H groups in total. The number of carbonyl (C=O) groups is 1. The number of anilines is 2. The van der Waals surface area contributed by atoms with E-state index in [0.717, 1.165) is 5.56 Å². The molecule has 0 aliphatic rings. The molecule has 160 valence electrons. The van der Waals surface area contributed by atoms with E-state index in [4.69, 9.17) is 28.9 Å². The Kier molecular flexibility index (Phi) is 6.84. The number of sulfonamides is 1. The zero-order chi connectivity index (χ0) is 22.6. The van der Waals surface area contributed by atoms with Crippen LogP contribution in [0.5, 0.6) is 0 Å². The van der Waals surface area contributed by atoms with Crippen molar-refractivity contribution in [2.75, 3.05) is 10.5 Å². The van der Waals surface area contributed by atoms with Crippen molar-refractivity contribution in [1.29, 1.82) is 0 Å². The third-order valence-electron chi connectivity index (χ3n) is 4.21. The van der Waals surface area contributed by atoms with Crippen LogP contribution in [0.2, 0.25) is 10.0 Å². The van der Waals surface area contributed by atoms with Gasteiger partial charge in [-0.25, -0.2) is 13.8 Å². The molecule has 10 heteroatoms. The van der Waals surface area contributed by atoms with E-state index in [0.29, 0.717) is 16.4 Å². The van der Waals surface area contributed by atoms with E-state index < -0.39 is 15.9 Å². The predicted molar refractivity (Wildman–Crippen MR) is 124 cm³/mol. The largest absolute Gasteiger partial charge is 0.399 e. The highest BCUT2D eigenvalue weighted by atomic mass is 35.5. The van der Waals surface area contributed by atoms with Gasteiger partial charge in [0.1, 0.15) is 0 Å². The zero-order valence-corrected chi connectivity index (χ0v) is 18.6. The molecule has 0 aromatic heterocycles. The van der Waals surface area contributed by atoms with Crippen molar-refractivity contribution in [3.05, 3.63) is 87.9 Å². The van der Waals surface area contributed by atoms with Crippen LogP contribution in [0.1, 0.15) is 22.8 Å². The van der Waals surface area contributed by atoms with Gasteiger partial charge in [-0.2, -0.15) is 5.10 Å². The van der Waals surface area contributed by atoms with Gasteiger partial charge in [0.2, 0.25) is 0 Å². The molecule has 0 saturated carbocycles. The van der Waals surface area contributed by atoms with E-state index in [2.05, 4.69) is 15.2 Å². The Morgan fingerprint density at radius 2 is 1.68 bits per heavy atom. The molecular formula is C21H18Cl2N4O3S. The summed E-state index contributed by atoms with van der Waals surface area (Å²) in [7, 11) is -4.01. The maximum absolute atomic E-state index is 12.7. The van der Waals surface area contributed by atoms with Crippen LogP contribution in [0.3, 0.4) is 0 Å². The monoisotopic (exact) mass is 476 g/mol. The molecule has 1 amide bonds. The predicted octanol–water partition coefficient (Wildman–Crippen LogP) is 4.53. The summed E-state index contributed by atoms with van der Waals surface area (Å²) >= 11 is 11.9. The number of hydrogen-bond donors (Lipinski definition) is 3. The molecule has 0 aliphatic carbocycles. The van der Waals surface area contributed by atoms with Gasteiger partial charge in [-0.15, -0.1) is 0 Å². The number of carbonyl (C=O) groups excluding carboxylic acids is 1. The minimum atomic E-state index is -4.01. The summed E-state index contributed by atoms with van der Waals surface area (Å²) in [4.78, 5) is 12.4. The van der Waals surface area contributed by atoms with Gasteiger partial charge in [0, 0.05) is 16.3 Å². The number of hydrogen-bond acceptors (Lipinski definition) is 5. The van der Waals surface area contributed by atoms with Crippen molar-refractivity contribution in [3.63, 3.8) is 0 Å². The molecule has 0 unspecified atom stereocenters.